The first-order valence-electron chi connectivity index (χ1n) is 6.01. The van der Waals surface area contributed by atoms with E-state index < -0.39 is 0 Å². The van der Waals surface area contributed by atoms with Crippen LogP contribution in [-0.2, 0) is 0 Å². The first kappa shape index (κ1) is 12.2. The molecular formula is C13H14N6O. The summed E-state index contributed by atoms with van der Waals surface area (Å²) in [4.78, 5) is 8.64. The SMILES string of the molecule is COc1ccc(Nc2nc(NN)cn3ccnc23)cc1. The van der Waals surface area contributed by atoms with Gasteiger partial charge in [-0.25, -0.2) is 15.8 Å². The van der Waals surface area contributed by atoms with Crippen molar-refractivity contribution in [2.45, 2.75) is 0 Å². The highest BCUT2D eigenvalue weighted by Gasteiger charge is 2.07. The first-order valence-corrected chi connectivity index (χ1v) is 6.01. The number of hydrogen-bond donors (Lipinski definition) is 3. The largest absolute Gasteiger partial charge is 0.497 e. The Morgan fingerprint density at radius 3 is 2.75 bits per heavy atom. The molecule has 3 aromatic rings. The lowest BCUT2D eigenvalue weighted by molar-refractivity contribution is 0.415. The Hall–Kier alpha value is -2.80. The molecule has 7 nitrogen and oxygen atoms in total. The highest BCUT2D eigenvalue weighted by molar-refractivity contribution is 5.71. The molecule has 0 saturated heterocycles. The van der Waals surface area contributed by atoms with Crippen LogP contribution in [-0.4, -0.2) is 21.5 Å². The maximum atomic E-state index is 5.42. The van der Waals surface area contributed by atoms with Crippen molar-refractivity contribution in [3.63, 3.8) is 0 Å². The van der Waals surface area contributed by atoms with E-state index in [2.05, 4.69) is 20.7 Å². The van der Waals surface area contributed by atoms with Crippen LogP contribution in [0.15, 0.2) is 42.9 Å². The van der Waals surface area contributed by atoms with Crippen LogP contribution < -0.4 is 21.3 Å². The predicted molar refractivity (Wildman–Crippen MR) is 77.1 cm³/mol. The van der Waals surface area contributed by atoms with Crippen molar-refractivity contribution < 1.29 is 4.74 Å². The van der Waals surface area contributed by atoms with E-state index in [0.717, 1.165) is 17.1 Å². The second kappa shape index (κ2) is 5.06. The third-order valence-electron chi connectivity index (χ3n) is 2.87. The highest BCUT2D eigenvalue weighted by atomic mass is 16.5. The Morgan fingerprint density at radius 1 is 1.25 bits per heavy atom. The van der Waals surface area contributed by atoms with Gasteiger partial charge in [-0.1, -0.05) is 0 Å². The van der Waals surface area contributed by atoms with Gasteiger partial charge in [0.25, 0.3) is 0 Å². The third kappa shape index (κ3) is 2.21. The van der Waals surface area contributed by atoms with Crippen molar-refractivity contribution in [1.29, 1.82) is 0 Å². The molecule has 0 saturated carbocycles. The molecule has 20 heavy (non-hydrogen) atoms. The van der Waals surface area contributed by atoms with Crippen LogP contribution >= 0.6 is 0 Å². The van der Waals surface area contributed by atoms with Gasteiger partial charge in [-0.3, -0.25) is 0 Å². The Kier molecular flexibility index (Phi) is 3.10. The number of aromatic nitrogens is 3. The molecule has 102 valence electrons. The molecular weight excluding hydrogens is 256 g/mol. The lowest BCUT2D eigenvalue weighted by Crippen LogP contribution is -2.11. The molecule has 0 aliphatic carbocycles. The Morgan fingerprint density at radius 2 is 2.05 bits per heavy atom. The summed E-state index contributed by atoms with van der Waals surface area (Å²) in [7, 11) is 1.63. The predicted octanol–water partition coefficient (Wildman–Crippen LogP) is 1.77. The number of hydrazine groups is 1. The van der Waals surface area contributed by atoms with Gasteiger partial charge in [0, 0.05) is 18.1 Å². The minimum atomic E-state index is 0.548. The van der Waals surface area contributed by atoms with Crippen molar-refractivity contribution in [1.82, 2.24) is 14.4 Å². The Labute approximate surface area is 115 Å². The topological polar surface area (TPSA) is 89.5 Å². The second-order valence-corrected chi connectivity index (χ2v) is 4.13. The summed E-state index contributed by atoms with van der Waals surface area (Å²) in [6.45, 7) is 0. The number of nitrogens with zero attached hydrogens (tertiary/aromatic N) is 3. The Bertz CT molecular complexity index is 721. The van der Waals surface area contributed by atoms with Crippen LogP contribution in [0.3, 0.4) is 0 Å². The van der Waals surface area contributed by atoms with E-state index in [1.165, 1.54) is 0 Å². The molecule has 4 N–H and O–H groups in total. The quantitative estimate of drug-likeness (QED) is 0.494. The molecule has 0 unspecified atom stereocenters. The van der Waals surface area contributed by atoms with Gasteiger partial charge in [0.2, 0.25) is 0 Å². The van der Waals surface area contributed by atoms with Gasteiger partial charge in [-0.2, -0.15) is 0 Å². The number of anilines is 3. The minimum absolute atomic E-state index is 0.548. The summed E-state index contributed by atoms with van der Waals surface area (Å²) in [5.74, 6) is 7.39. The number of imidazole rings is 1. The number of benzene rings is 1. The van der Waals surface area contributed by atoms with Crippen LogP contribution in [0, 0.1) is 0 Å². The van der Waals surface area contributed by atoms with Gasteiger partial charge in [-0.05, 0) is 24.3 Å². The number of rotatable bonds is 4. The average Bonchev–Trinajstić information content (AvgIpc) is 2.96. The molecule has 0 amide bonds. The number of nitrogen functional groups attached to an aromatic ring is 1. The third-order valence-corrected chi connectivity index (χ3v) is 2.87. The molecule has 7 heteroatoms. The lowest BCUT2D eigenvalue weighted by Gasteiger charge is -2.09. The standard InChI is InChI=1S/C13H14N6O/c1-20-10-4-2-9(3-5-10)16-12-13-15-6-7-19(13)8-11(17-12)18-14/h2-8,18H,14H2,1H3,(H,16,17). The van der Waals surface area contributed by atoms with Crippen molar-refractivity contribution in [3.05, 3.63) is 42.9 Å². The van der Waals surface area contributed by atoms with Crippen LogP contribution in [0.25, 0.3) is 5.65 Å². The van der Waals surface area contributed by atoms with Gasteiger partial charge in [0.1, 0.15) is 5.75 Å². The highest BCUT2D eigenvalue weighted by Crippen LogP contribution is 2.22. The monoisotopic (exact) mass is 270 g/mol. The second-order valence-electron chi connectivity index (χ2n) is 4.13. The molecule has 0 atom stereocenters. The first-order chi connectivity index (χ1) is 9.80. The number of nitrogens with one attached hydrogen (secondary N) is 2. The van der Waals surface area contributed by atoms with Crippen LogP contribution in [0.2, 0.25) is 0 Å². The number of methoxy groups -OCH3 is 1. The van der Waals surface area contributed by atoms with Crippen LogP contribution in [0.1, 0.15) is 0 Å². The summed E-state index contributed by atoms with van der Waals surface area (Å²) in [5.41, 5.74) is 4.14. The smallest absolute Gasteiger partial charge is 0.180 e. The molecule has 0 aliphatic rings. The molecule has 0 radical (unpaired) electrons. The van der Waals surface area contributed by atoms with E-state index >= 15 is 0 Å². The van der Waals surface area contributed by atoms with E-state index in [4.69, 9.17) is 10.6 Å². The fourth-order valence-corrected chi connectivity index (χ4v) is 1.90. The van der Waals surface area contributed by atoms with E-state index in [9.17, 15) is 0 Å². The van der Waals surface area contributed by atoms with Crippen molar-refractivity contribution in [2.75, 3.05) is 17.9 Å². The zero-order chi connectivity index (χ0) is 13.9. The van der Waals surface area contributed by atoms with Gasteiger partial charge in [0.15, 0.2) is 17.3 Å². The van der Waals surface area contributed by atoms with Gasteiger partial charge in [0.05, 0.1) is 13.3 Å². The molecule has 0 fully saturated rings. The maximum Gasteiger partial charge on any atom is 0.180 e. The summed E-state index contributed by atoms with van der Waals surface area (Å²) in [6, 6.07) is 7.55. The molecule has 0 spiro atoms. The fourth-order valence-electron chi connectivity index (χ4n) is 1.90. The van der Waals surface area contributed by atoms with E-state index in [0.29, 0.717) is 11.6 Å². The van der Waals surface area contributed by atoms with Crippen molar-refractivity contribution in [2.24, 2.45) is 5.84 Å². The maximum absolute atomic E-state index is 5.42. The van der Waals surface area contributed by atoms with Gasteiger partial charge < -0.3 is 19.9 Å². The van der Waals surface area contributed by atoms with Crippen molar-refractivity contribution in [3.8, 4) is 5.75 Å². The summed E-state index contributed by atoms with van der Waals surface area (Å²) >= 11 is 0. The molecule has 0 aliphatic heterocycles. The number of nitrogens with two attached hydrogens (primary N) is 1. The zero-order valence-electron chi connectivity index (χ0n) is 10.9. The van der Waals surface area contributed by atoms with Gasteiger partial charge in [-0.15, -0.1) is 0 Å². The normalized spacial score (nSPS) is 10.5. The number of fused-ring (bicyclic) bond motifs is 1. The molecule has 2 aromatic heterocycles. The minimum Gasteiger partial charge on any atom is -0.497 e. The molecule has 3 rings (SSSR count). The molecule has 0 bridgehead atoms. The number of hydrogen-bond acceptors (Lipinski definition) is 6. The van der Waals surface area contributed by atoms with Crippen LogP contribution in [0.4, 0.5) is 17.3 Å². The lowest BCUT2D eigenvalue weighted by atomic mass is 10.3. The summed E-state index contributed by atoms with van der Waals surface area (Å²) in [5, 5.41) is 3.21. The fraction of sp³-hybridized carbons (Fsp3) is 0.0769. The summed E-state index contributed by atoms with van der Waals surface area (Å²) < 4.78 is 6.97. The molecule has 2 heterocycles. The van der Waals surface area contributed by atoms with Crippen LogP contribution in [0.5, 0.6) is 5.75 Å². The van der Waals surface area contributed by atoms with Gasteiger partial charge >= 0.3 is 0 Å². The van der Waals surface area contributed by atoms with E-state index in [1.54, 1.807) is 19.5 Å². The van der Waals surface area contributed by atoms with E-state index in [-0.39, 0.29) is 0 Å². The summed E-state index contributed by atoms with van der Waals surface area (Å²) in [6.07, 6.45) is 5.30. The van der Waals surface area contributed by atoms with Crippen molar-refractivity contribution >= 4 is 23.0 Å². The number of ether oxygens (including phenoxy) is 1. The zero-order valence-corrected chi connectivity index (χ0v) is 10.9. The van der Waals surface area contributed by atoms with E-state index in [1.807, 2.05) is 34.9 Å². The average molecular weight is 270 g/mol. The molecule has 1 aromatic carbocycles. The Balaban J connectivity index is 1.98.